The van der Waals surface area contributed by atoms with E-state index in [1.54, 1.807) is 12.1 Å². The van der Waals surface area contributed by atoms with Crippen LogP contribution in [-0.2, 0) is 4.74 Å². The second-order valence-corrected chi connectivity index (χ2v) is 21.1. The number of aliphatic hydroxyl groups is 1. The molecule has 0 fully saturated rings. The molecule has 0 saturated heterocycles. The summed E-state index contributed by atoms with van der Waals surface area (Å²) in [6.45, 7) is 8.36. The van der Waals surface area contributed by atoms with Crippen molar-refractivity contribution in [1.29, 1.82) is 0 Å². The van der Waals surface area contributed by atoms with Gasteiger partial charge in [0, 0.05) is 0 Å². The summed E-state index contributed by atoms with van der Waals surface area (Å²) in [5.41, 5.74) is 0.377. The third-order valence-corrected chi connectivity index (χ3v) is 14.3. The Labute approximate surface area is 430 Å². The van der Waals surface area contributed by atoms with Crippen LogP contribution in [0.5, 0.6) is 17.2 Å². The van der Waals surface area contributed by atoms with Crippen LogP contribution in [0.2, 0.25) is 0 Å². The average molecular weight is 972 g/mol. The maximum Gasteiger partial charge on any atom is 0.338 e. The average Bonchev–Trinajstić information content (AvgIpc) is 3.36. The minimum absolute atomic E-state index is 0.0406. The summed E-state index contributed by atoms with van der Waals surface area (Å²) >= 11 is 0. The van der Waals surface area contributed by atoms with Gasteiger partial charge in [0.25, 0.3) is 0 Å². The molecule has 1 aromatic rings. The number of carbonyl (C=O) groups is 1. The van der Waals surface area contributed by atoms with Crippen molar-refractivity contribution < 1.29 is 28.8 Å². The molecule has 0 amide bonds. The van der Waals surface area contributed by atoms with E-state index < -0.39 is 5.97 Å². The van der Waals surface area contributed by atoms with Gasteiger partial charge in [-0.1, -0.05) is 310 Å². The van der Waals surface area contributed by atoms with Crippen molar-refractivity contribution >= 4 is 5.97 Å². The van der Waals surface area contributed by atoms with Crippen molar-refractivity contribution in [3.63, 3.8) is 0 Å². The van der Waals surface area contributed by atoms with Gasteiger partial charge in [0.05, 0.1) is 32.0 Å². The van der Waals surface area contributed by atoms with E-state index in [2.05, 4.69) is 20.8 Å². The number of hydrogen-bond donors (Lipinski definition) is 1. The van der Waals surface area contributed by atoms with E-state index in [0.717, 1.165) is 38.5 Å². The van der Waals surface area contributed by atoms with Crippen molar-refractivity contribution in [2.24, 2.45) is 0 Å². The molecule has 69 heavy (non-hydrogen) atoms. The smallest absolute Gasteiger partial charge is 0.338 e. The maximum atomic E-state index is 13.1. The molecule has 0 heterocycles. The maximum absolute atomic E-state index is 13.1. The second kappa shape index (κ2) is 53.8. The monoisotopic (exact) mass is 971 g/mol. The Morgan fingerprint density at radius 2 is 0.536 bits per heavy atom. The Bertz CT molecular complexity index is 1130. The van der Waals surface area contributed by atoms with Gasteiger partial charge in [0.2, 0.25) is 5.75 Å². The molecule has 0 radical (unpaired) electrons. The molecule has 0 spiro atoms. The Morgan fingerprint density at radius 3 is 0.768 bits per heavy atom. The van der Waals surface area contributed by atoms with Gasteiger partial charge in [-0.3, -0.25) is 0 Å². The van der Waals surface area contributed by atoms with Gasteiger partial charge in [-0.25, -0.2) is 4.79 Å². The lowest BCUT2D eigenvalue weighted by Crippen LogP contribution is -2.11. The van der Waals surface area contributed by atoms with Crippen molar-refractivity contribution in [3.05, 3.63) is 17.7 Å². The number of aliphatic hydroxyl groups excluding tert-OH is 1. The number of carbonyl (C=O) groups excluding carboxylic acids is 1. The predicted molar refractivity (Wildman–Crippen MR) is 299 cm³/mol. The number of rotatable bonds is 57. The number of ether oxygens (including phenoxy) is 4. The first-order chi connectivity index (χ1) is 34.2. The highest BCUT2D eigenvalue weighted by molar-refractivity contribution is 5.91. The summed E-state index contributed by atoms with van der Waals surface area (Å²) in [6, 6.07) is 3.52. The van der Waals surface area contributed by atoms with Crippen LogP contribution in [0.4, 0.5) is 0 Å². The molecule has 1 aromatic carbocycles. The van der Waals surface area contributed by atoms with Gasteiger partial charge in [-0.2, -0.15) is 0 Å². The van der Waals surface area contributed by atoms with Crippen molar-refractivity contribution in [2.45, 2.75) is 329 Å². The predicted octanol–water partition coefficient (Wildman–Crippen LogP) is 20.8. The fourth-order valence-corrected chi connectivity index (χ4v) is 9.76. The van der Waals surface area contributed by atoms with Gasteiger partial charge in [-0.05, 0) is 31.4 Å². The zero-order valence-corrected chi connectivity index (χ0v) is 46.6. The number of hydrogen-bond acceptors (Lipinski definition) is 6. The minimum atomic E-state index is -0.479. The Hall–Kier alpha value is -1.95. The molecule has 0 atom stereocenters. The summed E-state index contributed by atoms with van der Waals surface area (Å²) in [6.07, 6.45) is 64.0. The zero-order chi connectivity index (χ0) is 49.6. The Morgan fingerprint density at radius 1 is 0.319 bits per heavy atom. The highest BCUT2D eigenvalue weighted by Crippen LogP contribution is 2.40. The van der Waals surface area contributed by atoms with E-state index in [1.165, 1.54) is 270 Å². The normalized spacial score (nSPS) is 11.4. The molecular formula is C63H118O6. The van der Waals surface area contributed by atoms with Crippen LogP contribution in [0.1, 0.15) is 339 Å². The topological polar surface area (TPSA) is 74.2 Å². The van der Waals surface area contributed by atoms with Crippen LogP contribution < -0.4 is 14.2 Å². The van der Waals surface area contributed by atoms with Crippen LogP contribution >= 0.6 is 0 Å². The standard InChI is InChI=1S/C63H118O6/c1-4-7-10-13-16-19-22-25-28-31-34-37-40-43-46-49-53-66-60-57-59(63(65)69-56-52-64)58-61(67-54-50-47-44-41-38-35-32-29-26-23-20-17-14-11-8-5-2)62(60)68-55-51-48-45-42-39-36-33-30-27-24-21-18-15-12-9-6-3/h57-58,64H,4-56H2,1-3H3. The van der Waals surface area contributed by atoms with Crippen LogP contribution in [0.3, 0.4) is 0 Å². The largest absolute Gasteiger partial charge is 0.490 e. The summed E-state index contributed by atoms with van der Waals surface area (Å²) < 4.78 is 24.8. The van der Waals surface area contributed by atoms with Crippen LogP contribution in [0.25, 0.3) is 0 Å². The number of benzene rings is 1. The van der Waals surface area contributed by atoms with E-state index in [0.29, 0.717) is 42.6 Å². The first kappa shape index (κ1) is 65.1. The fraction of sp³-hybridized carbons (Fsp3) is 0.889. The third kappa shape index (κ3) is 43.4. The lowest BCUT2D eigenvalue weighted by atomic mass is 10.0. The van der Waals surface area contributed by atoms with Crippen LogP contribution in [0.15, 0.2) is 12.1 Å². The molecule has 406 valence electrons. The number of unbranched alkanes of at least 4 members (excludes halogenated alkanes) is 45. The van der Waals surface area contributed by atoms with Gasteiger partial charge in [0.15, 0.2) is 11.5 Å². The van der Waals surface area contributed by atoms with Gasteiger partial charge < -0.3 is 24.1 Å². The molecule has 0 aromatic heterocycles. The molecule has 6 heteroatoms. The van der Waals surface area contributed by atoms with Gasteiger partial charge >= 0.3 is 5.97 Å². The summed E-state index contributed by atoms with van der Waals surface area (Å²) in [5, 5.41) is 9.37. The Kier molecular flexibility index (Phi) is 50.8. The van der Waals surface area contributed by atoms with Crippen LogP contribution in [-0.4, -0.2) is 44.1 Å². The fourth-order valence-electron chi connectivity index (χ4n) is 9.76. The molecule has 0 aliphatic rings. The van der Waals surface area contributed by atoms with E-state index in [4.69, 9.17) is 18.9 Å². The molecule has 0 aliphatic heterocycles. The first-order valence-electron chi connectivity index (χ1n) is 31.0. The molecular weight excluding hydrogens is 853 g/mol. The summed E-state index contributed by atoms with van der Waals surface area (Å²) in [4.78, 5) is 13.1. The lowest BCUT2D eigenvalue weighted by Gasteiger charge is -2.19. The van der Waals surface area contributed by atoms with Crippen molar-refractivity contribution in [1.82, 2.24) is 0 Å². The minimum Gasteiger partial charge on any atom is -0.490 e. The highest BCUT2D eigenvalue weighted by Gasteiger charge is 2.20. The SMILES string of the molecule is CCCCCCCCCCCCCCCCCCOc1cc(C(=O)OCCO)cc(OCCCCCCCCCCCCCCCCCC)c1OCCCCCCCCCCCCCCCCCC. The molecule has 0 bridgehead atoms. The van der Waals surface area contributed by atoms with E-state index >= 15 is 0 Å². The molecule has 0 saturated carbocycles. The molecule has 1 rings (SSSR count). The van der Waals surface area contributed by atoms with Gasteiger partial charge in [-0.15, -0.1) is 0 Å². The Balaban J connectivity index is 2.59. The summed E-state index contributed by atoms with van der Waals surface area (Å²) in [5.74, 6) is 1.26. The van der Waals surface area contributed by atoms with Gasteiger partial charge in [0.1, 0.15) is 6.61 Å². The van der Waals surface area contributed by atoms with E-state index in [1.807, 2.05) is 0 Å². The molecule has 6 nitrogen and oxygen atoms in total. The molecule has 0 unspecified atom stereocenters. The third-order valence-electron chi connectivity index (χ3n) is 14.3. The molecule has 0 aliphatic carbocycles. The van der Waals surface area contributed by atoms with Crippen molar-refractivity contribution in [3.8, 4) is 17.2 Å². The lowest BCUT2D eigenvalue weighted by molar-refractivity contribution is 0.0432. The number of esters is 1. The summed E-state index contributed by atoms with van der Waals surface area (Å²) in [7, 11) is 0. The van der Waals surface area contributed by atoms with Crippen molar-refractivity contribution in [2.75, 3.05) is 33.0 Å². The zero-order valence-electron chi connectivity index (χ0n) is 46.6. The quantitative estimate of drug-likeness (QED) is 0.0518. The molecule has 1 N–H and O–H groups in total. The van der Waals surface area contributed by atoms with E-state index in [9.17, 15) is 9.90 Å². The first-order valence-corrected chi connectivity index (χ1v) is 31.0. The highest BCUT2D eigenvalue weighted by atomic mass is 16.5. The van der Waals surface area contributed by atoms with E-state index in [-0.39, 0.29) is 13.2 Å². The van der Waals surface area contributed by atoms with Crippen LogP contribution in [0, 0.1) is 0 Å². The second-order valence-electron chi connectivity index (χ2n) is 21.1.